The first-order chi connectivity index (χ1) is 10.5. The monoisotopic (exact) mass is 326 g/mol. The summed E-state index contributed by atoms with van der Waals surface area (Å²) >= 11 is 6.33. The van der Waals surface area contributed by atoms with Crippen LogP contribution >= 0.6 is 11.6 Å². The maximum atomic E-state index is 14.0. The molecule has 0 amide bonds. The van der Waals surface area contributed by atoms with Crippen molar-refractivity contribution < 1.29 is 13.5 Å². The summed E-state index contributed by atoms with van der Waals surface area (Å²) < 4.78 is 32.7. The van der Waals surface area contributed by atoms with Crippen molar-refractivity contribution in [2.45, 2.75) is 25.8 Å². The molecule has 0 aliphatic carbocycles. The zero-order chi connectivity index (χ0) is 15.9. The van der Waals surface area contributed by atoms with E-state index in [2.05, 4.69) is 9.88 Å². The van der Waals surface area contributed by atoms with Gasteiger partial charge in [-0.15, -0.1) is 0 Å². The van der Waals surface area contributed by atoms with Gasteiger partial charge in [0.15, 0.2) is 0 Å². The second-order valence-electron chi connectivity index (χ2n) is 5.60. The Morgan fingerprint density at radius 1 is 1.41 bits per heavy atom. The molecule has 1 aliphatic rings. The smallest absolute Gasteiger partial charge is 0.137 e. The number of hydrogen-bond donors (Lipinski definition) is 0. The van der Waals surface area contributed by atoms with Crippen LogP contribution < -0.4 is 4.90 Å². The normalized spacial score (nSPS) is 18.4. The van der Waals surface area contributed by atoms with E-state index in [1.807, 2.05) is 6.92 Å². The number of benzene rings is 1. The number of aromatic nitrogens is 1. The van der Waals surface area contributed by atoms with Gasteiger partial charge >= 0.3 is 0 Å². The molecule has 0 spiro atoms. The number of anilines is 1. The molecular formula is C16H17ClF2N2O. The Labute approximate surface area is 132 Å². The lowest BCUT2D eigenvalue weighted by Gasteiger charge is -2.27. The largest absolute Gasteiger partial charge is 0.383 e. The van der Waals surface area contributed by atoms with Crippen LogP contribution in [0.5, 0.6) is 0 Å². The summed E-state index contributed by atoms with van der Waals surface area (Å²) in [5.74, 6) is -0.655. The SMILES string of the molecule is COC[C@@H]1CCCN1c1nc2cc(F)cc(F)c2c(Cl)c1C. The average molecular weight is 327 g/mol. The van der Waals surface area contributed by atoms with E-state index in [1.165, 1.54) is 6.07 Å². The van der Waals surface area contributed by atoms with Gasteiger partial charge in [-0.1, -0.05) is 11.6 Å². The Hall–Kier alpha value is -1.46. The molecule has 1 fully saturated rings. The van der Waals surface area contributed by atoms with Gasteiger partial charge in [0, 0.05) is 31.4 Å². The van der Waals surface area contributed by atoms with Gasteiger partial charge in [-0.05, 0) is 19.8 Å². The quantitative estimate of drug-likeness (QED) is 0.849. The van der Waals surface area contributed by atoms with Crippen molar-refractivity contribution in [1.29, 1.82) is 0 Å². The van der Waals surface area contributed by atoms with E-state index in [0.29, 0.717) is 23.0 Å². The summed E-state index contributed by atoms with van der Waals surface area (Å²) in [5.41, 5.74) is 0.953. The first-order valence-electron chi connectivity index (χ1n) is 7.23. The molecule has 0 saturated carbocycles. The van der Waals surface area contributed by atoms with Gasteiger partial charge in [0.1, 0.15) is 17.5 Å². The second-order valence-corrected chi connectivity index (χ2v) is 5.98. The van der Waals surface area contributed by atoms with Crippen LogP contribution in [0.15, 0.2) is 12.1 Å². The number of ether oxygens (including phenoxy) is 1. The number of pyridine rings is 1. The Bertz CT molecular complexity index is 723. The first kappa shape index (κ1) is 15.4. The molecule has 3 nitrogen and oxygen atoms in total. The van der Waals surface area contributed by atoms with Gasteiger partial charge in [0.25, 0.3) is 0 Å². The van der Waals surface area contributed by atoms with Crippen LogP contribution in [-0.4, -0.2) is 31.3 Å². The summed E-state index contributed by atoms with van der Waals surface area (Å²) in [6, 6.07) is 2.26. The molecule has 1 saturated heterocycles. The Kier molecular flexibility index (Phi) is 4.19. The summed E-state index contributed by atoms with van der Waals surface area (Å²) in [6.07, 6.45) is 2.03. The fourth-order valence-corrected chi connectivity index (χ4v) is 3.38. The van der Waals surface area contributed by atoms with E-state index in [9.17, 15) is 8.78 Å². The van der Waals surface area contributed by atoms with Gasteiger partial charge in [0.2, 0.25) is 0 Å². The van der Waals surface area contributed by atoms with Crippen LogP contribution in [0.1, 0.15) is 18.4 Å². The average Bonchev–Trinajstić information content (AvgIpc) is 2.90. The van der Waals surface area contributed by atoms with Crippen LogP contribution in [-0.2, 0) is 4.74 Å². The number of nitrogens with zero attached hydrogens (tertiary/aromatic N) is 2. The van der Waals surface area contributed by atoms with E-state index < -0.39 is 11.6 Å². The Morgan fingerprint density at radius 3 is 2.91 bits per heavy atom. The number of rotatable bonds is 3. The summed E-state index contributed by atoms with van der Waals surface area (Å²) in [4.78, 5) is 6.60. The topological polar surface area (TPSA) is 25.4 Å². The van der Waals surface area contributed by atoms with Crippen molar-refractivity contribution in [2.75, 3.05) is 25.2 Å². The van der Waals surface area contributed by atoms with Crippen LogP contribution in [0.3, 0.4) is 0 Å². The highest BCUT2D eigenvalue weighted by atomic mass is 35.5. The van der Waals surface area contributed by atoms with E-state index >= 15 is 0 Å². The molecule has 0 unspecified atom stereocenters. The third kappa shape index (κ3) is 2.52. The van der Waals surface area contributed by atoms with E-state index in [4.69, 9.17) is 16.3 Å². The van der Waals surface area contributed by atoms with Gasteiger partial charge < -0.3 is 9.64 Å². The van der Waals surface area contributed by atoms with Crippen molar-refractivity contribution in [1.82, 2.24) is 4.98 Å². The van der Waals surface area contributed by atoms with Crippen LogP contribution in [0.25, 0.3) is 10.9 Å². The number of hydrogen-bond acceptors (Lipinski definition) is 3. The van der Waals surface area contributed by atoms with Crippen molar-refractivity contribution in [2.24, 2.45) is 0 Å². The highest BCUT2D eigenvalue weighted by Gasteiger charge is 2.28. The van der Waals surface area contributed by atoms with Crippen molar-refractivity contribution in [3.8, 4) is 0 Å². The lowest BCUT2D eigenvalue weighted by molar-refractivity contribution is 0.180. The maximum Gasteiger partial charge on any atom is 0.137 e. The number of halogens is 3. The Morgan fingerprint density at radius 2 is 2.18 bits per heavy atom. The van der Waals surface area contributed by atoms with Crippen LogP contribution in [0.2, 0.25) is 5.02 Å². The molecular weight excluding hydrogens is 310 g/mol. The van der Waals surface area contributed by atoms with Crippen molar-refractivity contribution in [3.63, 3.8) is 0 Å². The van der Waals surface area contributed by atoms with E-state index in [-0.39, 0.29) is 16.9 Å². The standard InChI is InChI=1S/C16H17ClF2N2O/c1-9-15(17)14-12(19)6-10(18)7-13(14)20-16(9)21-5-3-4-11(21)8-22-2/h6-7,11H,3-5,8H2,1-2H3/t11-/m0/s1. The molecule has 2 aromatic rings. The van der Waals surface area contributed by atoms with Gasteiger partial charge in [-0.3, -0.25) is 0 Å². The summed E-state index contributed by atoms with van der Waals surface area (Å²) in [7, 11) is 1.66. The minimum absolute atomic E-state index is 0.173. The van der Waals surface area contributed by atoms with E-state index in [0.717, 1.165) is 25.5 Å². The predicted molar refractivity (Wildman–Crippen MR) is 83.7 cm³/mol. The first-order valence-corrected chi connectivity index (χ1v) is 7.61. The molecule has 1 aromatic heterocycles. The van der Waals surface area contributed by atoms with Gasteiger partial charge in [-0.2, -0.15) is 0 Å². The minimum atomic E-state index is -0.683. The fourth-order valence-electron chi connectivity index (χ4n) is 3.11. The van der Waals surface area contributed by atoms with Crippen molar-refractivity contribution >= 4 is 28.3 Å². The van der Waals surface area contributed by atoms with Crippen LogP contribution in [0.4, 0.5) is 14.6 Å². The zero-order valence-corrected chi connectivity index (χ0v) is 13.3. The number of fused-ring (bicyclic) bond motifs is 1. The predicted octanol–water partition coefficient (Wildman–Crippen LogP) is 4.09. The molecule has 0 bridgehead atoms. The zero-order valence-electron chi connectivity index (χ0n) is 12.5. The highest BCUT2D eigenvalue weighted by molar-refractivity contribution is 6.36. The van der Waals surface area contributed by atoms with E-state index in [1.54, 1.807) is 7.11 Å². The fraction of sp³-hybridized carbons (Fsp3) is 0.438. The summed E-state index contributed by atoms with van der Waals surface area (Å²) in [5, 5.41) is 0.465. The molecule has 0 radical (unpaired) electrons. The molecule has 118 valence electrons. The molecule has 1 aromatic carbocycles. The molecule has 3 rings (SSSR count). The third-order valence-electron chi connectivity index (χ3n) is 4.15. The molecule has 0 N–H and O–H groups in total. The summed E-state index contributed by atoms with van der Waals surface area (Å²) in [6.45, 7) is 3.24. The van der Waals surface area contributed by atoms with Gasteiger partial charge in [0.05, 0.1) is 28.6 Å². The van der Waals surface area contributed by atoms with Gasteiger partial charge in [-0.25, -0.2) is 13.8 Å². The molecule has 22 heavy (non-hydrogen) atoms. The molecule has 2 heterocycles. The lowest BCUT2D eigenvalue weighted by Crippen LogP contribution is -2.34. The molecule has 1 aliphatic heterocycles. The van der Waals surface area contributed by atoms with Crippen LogP contribution in [0, 0.1) is 18.6 Å². The molecule has 1 atom stereocenters. The molecule has 6 heteroatoms. The minimum Gasteiger partial charge on any atom is -0.383 e. The third-order valence-corrected chi connectivity index (χ3v) is 4.63. The Balaban J connectivity index is 2.16. The maximum absolute atomic E-state index is 14.0. The number of methoxy groups -OCH3 is 1. The lowest BCUT2D eigenvalue weighted by atomic mass is 10.1. The highest BCUT2D eigenvalue weighted by Crippen LogP contribution is 2.36. The van der Waals surface area contributed by atoms with Crippen molar-refractivity contribution in [3.05, 3.63) is 34.4 Å². The second kappa shape index (κ2) is 5.97.